The lowest BCUT2D eigenvalue weighted by molar-refractivity contribution is -0.148. The maximum Gasteiger partial charge on any atom is 0.306 e. The highest BCUT2D eigenvalue weighted by Crippen LogP contribution is 2.22. The lowest BCUT2D eigenvalue weighted by atomic mass is 10.1. The molecule has 0 spiro atoms. The molecule has 0 aliphatic rings. The van der Waals surface area contributed by atoms with E-state index in [1.165, 1.54) is 37.7 Å². The Morgan fingerprint density at radius 3 is 2.14 bits per heavy atom. The van der Waals surface area contributed by atoms with Gasteiger partial charge in [0.25, 0.3) is 0 Å². The molecule has 0 amide bonds. The van der Waals surface area contributed by atoms with E-state index in [9.17, 15) is 4.79 Å². The normalized spacial score (nSPS) is 11.8. The van der Waals surface area contributed by atoms with E-state index in [-0.39, 0.29) is 12.1 Å². The molecule has 2 aromatic carbocycles. The molecule has 2 rings (SSSR count). The van der Waals surface area contributed by atoms with Crippen molar-refractivity contribution in [3.63, 3.8) is 0 Å². The summed E-state index contributed by atoms with van der Waals surface area (Å²) >= 11 is 0. The van der Waals surface area contributed by atoms with Crippen LogP contribution in [0.4, 0.5) is 0 Å². The van der Waals surface area contributed by atoms with Crippen molar-refractivity contribution in [3.8, 4) is 5.75 Å². The summed E-state index contributed by atoms with van der Waals surface area (Å²) in [5.74, 6) is 0.710. The standard InChI is InChI=1S/C26H36O3/c1-4-5-6-7-8-9-10-11-26(27)29-22(3)24-16-18-25(19-17-24)28-20-23-14-12-21(2)13-15-23/h12-19,22H,4-11,20H2,1-3H3. The molecule has 158 valence electrons. The van der Waals surface area contributed by atoms with Gasteiger partial charge in [0.05, 0.1) is 0 Å². The second kappa shape index (κ2) is 13.0. The number of carbonyl (C=O) groups excluding carboxylic acids is 1. The largest absolute Gasteiger partial charge is 0.489 e. The van der Waals surface area contributed by atoms with Crippen LogP contribution in [0.15, 0.2) is 48.5 Å². The number of unbranched alkanes of at least 4 members (excludes halogenated alkanes) is 6. The number of benzene rings is 2. The molecule has 1 atom stereocenters. The van der Waals surface area contributed by atoms with E-state index in [2.05, 4.69) is 38.1 Å². The molecular formula is C26H36O3. The van der Waals surface area contributed by atoms with Crippen molar-refractivity contribution in [2.75, 3.05) is 0 Å². The summed E-state index contributed by atoms with van der Waals surface area (Å²) in [7, 11) is 0. The number of carbonyl (C=O) groups is 1. The summed E-state index contributed by atoms with van der Waals surface area (Å²) in [5, 5.41) is 0. The molecule has 0 aliphatic carbocycles. The smallest absolute Gasteiger partial charge is 0.306 e. The van der Waals surface area contributed by atoms with Gasteiger partial charge in [-0.3, -0.25) is 4.79 Å². The molecule has 0 N–H and O–H groups in total. The van der Waals surface area contributed by atoms with E-state index in [1.54, 1.807) is 0 Å². The van der Waals surface area contributed by atoms with Gasteiger partial charge in [-0.05, 0) is 43.5 Å². The van der Waals surface area contributed by atoms with Crippen LogP contribution in [0, 0.1) is 6.92 Å². The van der Waals surface area contributed by atoms with Gasteiger partial charge < -0.3 is 9.47 Å². The summed E-state index contributed by atoms with van der Waals surface area (Å²) in [4.78, 5) is 12.1. The number of rotatable bonds is 13. The van der Waals surface area contributed by atoms with Crippen molar-refractivity contribution in [3.05, 3.63) is 65.2 Å². The molecule has 3 heteroatoms. The van der Waals surface area contributed by atoms with E-state index in [0.29, 0.717) is 13.0 Å². The minimum absolute atomic E-state index is 0.106. The van der Waals surface area contributed by atoms with Gasteiger partial charge in [0.15, 0.2) is 0 Å². The molecule has 2 aromatic rings. The van der Waals surface area contributed by atoms with Crippen molar-refractivity contribution in [1.29, 1.82) is 0 Å². The van der Waals surface area contributed by atoms with Gasteiger partial charge in [-0.1, -0.05) is 87.4 Å². The van der Waals surface area contributed by atoms with Gasteiger partial charge in [-0.2, -0.15) is 0 Å². The fourth-order valence-electron chi connectivity index (χ4n) is 3.24. The third-order valence-electron chi connectivity index (χ3n) is 5.17. The molecule has 0 bridgehead atoms. The minimum Gasteiger partial charge on any atom is -0.489 e. The van der Waals surface area contributed by atoms with Crippen LogP contribution in [0.2, 0.25) is 0 Å². The summed E-state index contributed by atoms with van der Waals surface area (Å²) < 4.78 is 11.4. The molecule has 0 aliphatic heterocycles. The average Bonchev–Trinajstić information content (AvgIpc) is 2.73. The molecule has 1 unspecified atom stereocenters. The van der Waals surface area contributed by atoms with Gasteiger partial charge in [0, 0.05) is 6.42 Å². The number of hydrogen-bond acceptors (Lipinski definition) is 3. The SMILES string of the molecule is CCCCCCCCCC(=O)OC(C)c1ccc(OCc2ccc(C)cc2)cc1. The zero-order valence-corrected chi connectivity index (χ0v) is 18.3. The topological polar surface area (TPSA) is 35.5 Å². The summed E-state index contributed by atoms with van der Waals surface area (Å²) in [5.41, 5.74) is 3.38. The first-order chi connectivity index (χ1) is 14.1. The molecule has 0 saturated heterocycles. The minimum atomic E-state index is -0.238. The Hall–Kier alpha value is -2.29. The third-order valence-corrected chi connectivity index (χ3v) is 5.17. The highest BCUT2D eigenvalue weighted by Gasteiger charge is 2.11. The van der Waals surface area contributed by atoms with E-state index in [4.69, 9.17) is 9.47 Å². The Morgan fingerprint density at radius 1 is 0.862 bits per heavy atom. The first kappa shape index (κ1) is 23.0. The van der Waals surface area contributed by atoms with Gasteiger partial charge >= 0.3 is 5.97 Å². The Bertz CT molecular complexity index is 704. The third kappa shape index (κ3) is 9.17. The van der Waals surface area contributed by atoms with Crippen molar-refractivity contribution in [1.82, 2.24) is 0 Å². The molecule has 0 saturated carbocycles. The van der Waals surface area contributed by atoms with Crippen LogP contribution in [0.5, 0.6) is 5.75 Å². The van der Waals surface area contributed by atoms with Crippen LogP contribution >= 0.6 is 0 Å². The van der Waals surface area contributed by atoms with Gasteiger partial charge in [-0.15, -0.1) is 0 Å². The summed E-state index contributed by atoms with van der Waals surface area (Å²) in [6.45, 7) is 6.77. The van der Waals surface area contributed by atoms with Crippen molar-refractivity contribution in [2.24, 2.45) is 0 Å². The number of ether oxygens (including phenoxy) is 2. The predicted octanol–water partition coefficient (Wildman–Crippen LogP) is 7.32. The van der Waals surface area contributed by atoms with E-state index in [1.807, 2.05) is 31.2 Å². The van der Waals surface area contributed by atoms with Gasteiger partial charge in [0.1, 0.15) is 18.5 Å². The monoisotopic (exact) mass is 396 g/mol. The Labute approximate surface area is 176 Å². The lowest BCUT2D eigenvalue weighted by Crippen LogP contribution is -2.08. The predicted molar refractivity (Wildman–Crippen MR) is 119 cm³/mol. The first-order valence-corrected chi connectivity index (χ1v) is 11.1. The molecule has 0 heterocycles. The average molecular weight is 397 g/mol. The molecular weight excluding hydrogens is 360 g/mol. The highest BCUT2D eigenvalue weighted by atomic mass is 16.5. The Morgan fingerprint density at radius 2 is 1.48 bits per heavy atom. The number of aryl methyl sites for hydroxylation is 1. The van der Waals surface area contributed by atoms with Crippen LogP contribution in [-0.4, -0.2) is 5.97 Å². The van der Waals surface area contributed by atoms with Gasteiger partial charge in [0.2, 0.25) is 0 Å². The molecule has 29 heavy (non-hydrogen) atoms. The quantitative estimate of drug-likeness (QED) is 0.263. The van der Waals surface area contributed by atoms with Crippen molar-refractivity contribution in [2.45, 2.75) is 84.8 Å². The molecule has 0 radical (unpaired) electrons. The van der Waals surface area contributed by atoms with Crippen molar-refractivity contribution < 1.29 is 14.3 Å². The number of hydrogen-bond donors (Lipinski definition) is 0. The molecule has 0 aromatic heterocycles. The fraction of sp³-hybridized carbons (Fsp3) is 0.500. The van der Waals surface area contributed by atoms with E-state index < -0.39 is 0 Å². The second-order valence-electron chi connectivity index (χ2n) is 7.85. The Kier molecular flexibility index (Phi) is 10.3. The Balaban J connectivity index is 1.67. The first-order valence-electron chi connectivity index (χ1n) is 11.1. The maximum absolute atomic E-state index is 12.1. The van der Waals surface area contributed by atoms with Crippen LogP contribution < -0.4 is 4.74 Å². The fourth-order valence-corrected chi connectivity index (χ4v) is 3.24. The lowest BCUT2D eigenvalue weighted by Gasteiger charge is -2.14. The zero-order chi connectivity index (χ0) is 20.9. The van der Waals surface area contributed by atoms with Crippen LogP contribution in [0.1, 0.15) is 88.0 Å². The van der Waals surface area contributed by atoms with Gasteiger partial charge in [-0.25, -0.2) is 0 Å². The summed E-state index contributed by atoms with van der Waals surface area (Å²) in [6, 6.07) is 16.1. The van der Waals surface area contributed by atoms with Crippen LogP contribution in [0.25, 0.3) is 0 Å². The zero-order valence-electron chi connectivity index (χ0n) is 18.3. The van der Waals surface area contributed by atoms with Crippen LogP contribution in [0.3, 0.4) is 0 Å². The maximum atomic E-state index is 12.1. The van der Waals surface area contributed by atoms with E-state index >= 15 is 0 Å². The van der Waals surface area contributed by atoms with Crippen LogP contribution in [-0.2, 0) is 16.1 Å². The molecule has 3 nitrogen and oxygen atoms in total. The van der Waals surface area contributed by atoms with E-state index in [0.717, 1.165) is 29.7 Å². The number of esters is 1. The highest BCUT2D eigenvalue weighted by molar-refractivity contribution is 5.69. The van der Waals surface area contributed by atoms with Crippen molar-refractivity contribution >= 4 is 5.97 Å². The second-order valence-corrected chi connectivity index (χ2v) is 7.85. The summed E-state index contributed by atoms with van der Waals surface area (Å²) in [6.07, 6.45) is 8.69. The molecule has 0 fully saturated rings.